The van der Waals surface area contributed by atoms with Crippen LogP contribution in [0.25, 0.3) is 0 Å². The molecule has 1 aromatic carbocycles. The molecule has 1 aromatic heterocycles. The summed E-state index contributed by atoms with van der Waals surface area (Å²) in [5, 5.41) is 3.92. The Kier molecular flexibility index (Phi) is 6.11. The number of hydrogen-bond acceptors (Lipinski definition) is 6. The maximum atomic E-state index is 13.5. The number of carbonyl (C=O) groups is 2. The molecule has 150 valence electrons. The van der Waals surface area contributed by atoms with Crippen molar-refractivity contribution in [3.63, 3.8) is 0 Å². The molecular formula is C18H19FN2O5S2. The van der Waals surface area contributed by atoms with Crippen LogP contribution in [0.15, 0.2) is 34.5 Å². The topological polar surface area (TPSA) is 92.8 Å². The maximum Gasteiger partial charge on any atom is 0.350 e. The lowest BCUT2D eigenvalue weighted by atomic mass is 10.2. The van der Waals surface area contributed by atoms with Gasteiger partial charge in [0.25, 0.3) is 5.91 Å². The van der Waals surface area contributed by atoms with Gasteiger partial charge in [-0.2, -0.15) is 4.31 Å². The smallest absolute Gasteiger partial charge is 0.350 e. The molecule has 1 fully saturated rings. The summed E-state index contributed by atoms with van der Waals surface area (Å²) in [6.07, 6.45) is 1.56. The highest BCUT2D eigenvalue weighted by molar-refractivity contribution is 7.89. The van der Waals surface area contributed by atoms with Crippen LogP contribution in [0.2, 0.25) is 0 Å². The normalized spacial score (nSPS) is 14.8. The standard InChI is InChI=1S/C18H19FN2O5S2/c1-12-4-5-13(10-14(12)19)20-16(22)11-26-18(23)17-15(6-9-27-17)28(24,25)21-7-2-3-8-21/h4-6,9-10H,2-3,7-8,11H2,1H3,(H,20,22). The number of sulfonamides is 1. The molecule has 3 rings (SSSR count). The Labute approximate surface area is 166 Å². The molecule has 2 aromatic rings. The number of ether oxygens (including phenoxy) is 1. The summed E-state index contributed by atoms with van der Waals surface area (Å²) >= 11 is 0.941. The van der Waals surface area contributed by atoms with Crippen molar-refractivity contribution >= 4 is 38.9 Å². The summed E-state index contributed by atoms with van der Waals surface area (Å²) in [4.78, 5) is 24.1. The molecule has 10 heteroatoms. The van der Waals surface area contributed by atoms with Crippen LogP contribution in [0, 0.1) is 12.7 Å². The van der Waals surface area contributed by atoms with Gasteiger partial charge >= 0.3 is 5.97 Å². The highest BCUT2D eigenvalue weighted by atomic mass is 32.2. The van der Waals surface area contributed by atoms with Crippen LogP contribution in [0.5, 0.6) is 0 Å². The third-order valence-corrected chi connectivity index (χ3v) is 7.25. The minimum atomic E-state index is -3.77. The number of amides is 1. The van der Waals surface area contributed by atoms with E-state index >= 15 is 0 Å². The number of anilines is 1. The van der Waals surface area contributed by atoms with Crippen molar-refractivity contribution in [3.05, 3.63) is 45.9 Å². The molecule has 7 nitrogen and oxygen atoms in total. The Morgan fingerprint density at radius 2 is 1.96 bits per heavy atom. The van der Waals surface area contributed by atoms with Crippen molar-refractivity contribution in [1.82, 2.24) is 4.31 Å². The molecule has 0 radical (unpaired) electrons. The Morgan fingerprint density at radius 1 is 1.25 bits per heavy atom. The van der Waals surface area contributed by atoms with E-state index in [4.69, 9.17) is 4.74 Å². The Hall–Kier alpha value is -2.30. The third-order valence-electron chi connectivity index (χ3n) is 4.29. The zero-order valence-electron chi connectivity index (χ0n) is 15.1. The Bertz CT molecular complexity index is 997. The monoisotopic (exact) mass is 426 g/mol. The molecule has 1 amide bonds. The van der Waals surface area contributed by atoms with Crippen molar-refractivity contribution in [2.75, 3.05) is 25.0 Å². The van der Waals surface area contributed by atoms with E-state index in [1.165, 1.54) is 27.9 Å². The number of carbonyl (C=O) groups excluding carboxylic acids is 2. The molecule has 1 aliphatic heterocycles. The molecule has 1 saturated heterocycles. The fourth-order valence-corrected chi connectivity index (χ4v) is 5.58. The summed E-state index contributed by atoms with van der Waals surface area (Å²) < 4.78 is 45.2. The number of esters is 1. The van der Waals surface area contributed by atoms with Gasteiger partial charge in [-0.05, 0) is 48.9 Å². The highest BCUT2D eigenvalue weighted by Crippen LogP contribution is 2.28. The van der Waals surface area contributed by atoms with Gasteiger partial charge in [0.2, 0.25) is 10.0 Å². The van der Waals surface area contributed by atoms with Crippen molar-refractivity contribution in [1.29, 1.82) is 0 Å². The van der Waals surface area contributed by atoms with E-state index in [0.717, 1.165) is 30.2 Å². The summed E-state index contributed by atoms with van der Waals surface area (Å²) in [7, 11) is -3.77. The number of benzene rings is 1. The first-order valence-electron chi connectivity index (χ1n) is 8.60. The highest BCUT2D eigenvalue weighted by Gasteiger charge is 2.32. The lowest BCUT2D eigenvalue weighted by molar-refractivity contribution is -0.119. The van der Waals surface area contributed by atoms with Crippen LogP contribution < -0.4 is 5.32 Å². The third kappa shape index (κ3) is 4.40. The minimum Gasteiger partial charge on any atom is -0.451 e. The van der Waals surface area contributed by atoms with Gasteiger partial charge in [0, 0.05) is 18.8 Å². The van der Waals surface area contributed by atoms with Gasteiger partial charge in [-0.3, -0.25) is 4.79 Å². The molecule has 1 aliphatic rings. The molecule has 0 unspecified atom stereocenters. The van der Waals surface area contributed by atoms with E-state index in [9.17, 15) is 22.4 Å². The average molecular weight is 426 g/mol. The minimum absolute atomic E-state index is 0.0684. The van der Waals surface area contributed by atoms with E-state index in [1.54, 1.807) is 6.92 Å². The number of thiophene rings is 1. The van der Waals surface area contributed by atoms with E-state index in [2.05, 4.69) is 5.32 Å². The number of halogens is 1. The Balaban J connectivity index is 1.63. The van der Waals surface area contributed by atoms with Crippen molar-refractivity contribution < 1.29 is 27.1 Å². The zero-order chi connectivity index (χ0) is 20.3. The largest absolute Gasteiger partial charge is 0.451 e. The lowest BCUT2D eigenvalue weighted by Gasteiger charge is -2.15. The quantitative estimate of drug-likeness (QED) is 0.717. The number of nitrogens with zero attached hydrogens (tertiary/aromatic N) is 1. The SMILES string of the molecule is Cc1ccc(NC(=O)COC(=O)c2sccc2S(=O)(=O)N2CCCC2)cc1F. The summed E-state index contributed by atoms with van der Waals surface area (Å²) in [6, 6.07) is 5.56. The molecule has 0 saturated carbocycles. The van der Waals surface area contributed by atoms with Gasteiger partial charge in [0.15, 0.2) is 6.61 Å². The fraction of sp³-hybridized carbons (Fsp3) is 0.333. The molecule has 28 heavy (non-hydrogen) atoms. The average Bonchev–Trinajstić information content (AvgIpc) is 3.35. The van der Waals surface area contributed by atoms with Crippen molar-refractivity contribution in [2.24, 2.45) is 0 Å². The van der Waals surface area contributed by atoms with Crippen LogP contribution in [0.4, 0.5) is 10.1 Å². The molecule has 1 N–H and O–H groups in total. The van der Waals surface area contributed by atoms with Gasteiger partial charge in [-0.1, -0.05) is 6.07 Å². The van der Waals surface area contributed by atoms with Crippen molar-refractivity contribution in [3.8, 4) is 0 Å². The number of hydrogen-bond donors (Lipinski definition) is 1. The first-order valence-corrected chi connectivity index (χ1v) is 10.9. The van der Waals surface area contributed by atoms with Crippen LogP contribution in [0.3, 0.4) is 0 Å². The first kappa shape index (κ1) is 20.4. The van der Waals surface area contributed by atoms with Crippen LogP contribution in [-0.4, -0.2) is 44.3 Å². The maximum absolute atomic E-state index is 13.5. The molecular weight excluding hydrogens is 407 g/mol. The van der Waals surface area contributed by atoms with Gasteiger partial charge < -0.3 is 10.1 Å². The molecule has 0 atom stereocenters. The first-order chi connectivity index (χ1) is 13.3. The summed E-state index contributed by atoms with van der Waals surface area (Å²) in [5.74, 6) is -2.01. The number of rotatable bonds is 6. The van der Waals surface area contributed by atoms with Crippen LogP contribution >= 0.6 is 11.3 Å². The number of aryl methyl sites for hydroxylation is 1. The summed E-state index contributed by atoms with van der Waals surface area (Å²) in [5.41, 5.74) is 0.673. The van der Waals surface area contributed by atoms with Gasteiger partial charge in [0.05, 0.1) is 0 Å². The summed E-state index contributed by atoms with van der Waals surface area (Å²) in [6.45, 7) is 1.82. The van der Waals surface area contributed by atoms with E-state index in [1.807, 2.05) is 0 Å². The second-order valence-corrected chi connectivity index (χ2v) is 9.14. The van der Waals surface area contributed by atoms with E-state index in [-0.39, 0.29) is 15.5 Å². The predicted octanol–water partition coefficient (Wildman–Crippen LogP) is 2.78. The van der Waals surface area contributed by atoms with E-state index in [0.29, 0.717) is 18.7 Å². The Morgan fingerprint density at radius 3 is 2.64 bits per heavy atom. The molecule has 0 aliphatic carbocycles. The van der Waals surface area contributed by atoms with E-state index < -0.39 is 34.3 Å². The predicted molar refractivity (Wildman–Crippen MR) is 102 cm³/mol. The second kappa shape index (κ2) is 8.38. The van der Waals surface area contributed by atoms with Crippen LogP contribution in [0.1, 0.15) is 28.1 Å². The molecule has 2 heterocycles. The van der Waals surface area contributed by atoms with Crippen molar-refractivity contribution in [2.45, 2.75) is 24.7 Å². The molecule has 0 spiro atoms. The van der Waals surface area contributed by atoms with Gasteiger partial charge in [0.1, 0.15) is 15.6 Å². The fourth-order valence-electron chi connectivity index (χ4n) is 2.78. The van der Waals surface area contributed by atoms with Gasteiger partial charge in [-0.25, -0.2) is 17.6 Å². The second-order valence-electron chi connectivity index (χ2n) is 6.31. The lowest BCUT2D eigenvalue weighted by Crippen LogP contribution is -2.29. The zero-order valence-corrected chi connectivity index (χ0v) is 16.7. The molecule has 0 bridgehead atoms. The van der Waals surface area contributed by atoms with Crippen LogP contribution in [-0.2, 0) is 19.6 Å². The van der Waals surface area contributed by atoms with Gasteiger partial charge in [-0.15, -0.1) is 11.3 Å². The number of nitrogens with one attached hydrogen (secondary N) is 1.